The molecule has 2 aromatic carbocycles. The van der Waals surface area contributed by atoms with E-state index in [1.807, 2.05) is 12.1 Å². The molecule has 138 valence electrons. The summed E-state index contributed by atoms with van der Waals surface area (Å²) in [6, 6.07) is 16.9. The largest absolute Gasteiger partial charge is 0.459 e. The minimum atomic E-state index is -0.490. The fraction of sp³-hybridized carbons (Fsp3) is 0.300. The van der Waals surface area contributed by atoms with Gasteiger partial charge in [0.25, 0.3) is 0 Å². The molecule has 1 fully saturated rings. The molecular weight excluding hydrogens is 346 g/mol. The maximum Gasteiger partial charge on any atom is 0.338 e. The summed E-state index contributed by atoms with van der Waals surface area (Å²) in [5, 5.41) is 3.74. The summed E-state index contributed by atoms with van der Waals surface area (Å²) in [6.45, 7) is 0. The smallest absolute Gasteiger partial charge is 0.338 e. The zero-order valence-corrected chi connectivity index (χ0v) is 14.6. The van der Waals surface area contributed by atoms with E-state index in [1.165, 1.54) is 0 Å². The molecule has 0 radical (unpaired) electrons. The summed E-state index contributed by atoms with van der Waals surface area (Å²) in [5.41, 5.74) is 9.64. The Morgan fingerprint density at radius 2 is 1.26 bits per heavy atom. The summed E-state index contributed by atoms with van der Waals surface area (Å²) < 4.78 is 11.1. The first-order valence-corrected chi connectivity index (χ1v) is 8.72. The number of nitrogens with zero attached hydrogens (tertiary/aromatic N) is 3. The maximum absolute atomic E-state index is 12.3. The van der Waals surface area contributed by atoms with Gasteiger partial charge in [0.05, 0.1) is 11.1 Å². The van der Waals surface area contributed by atoms with E-state index in [0.717, 1.165) is 0 Å². The van der Waals surface area contributed by atoms with Crippen molar-refractivity contribution in [3.63, 3.8) is 0 Å². The molecule has 0 N–H and O–H groups in total. The highest BCUT2D eigenvalue weighted by Gasteiger charge is 2.33. The van der Waals surface area contributed by atoms with Gasteiger partial charge in [-0.3, -0.25) is 0 Å². The molecule has 0 amide bonds. The molecule has 7 nitrogen and oxygen atoms in total. The van der Waals surface area contributed by atoms with Gasteiger partial charge in [0.2, 0.25) is 0 Å². The SMILES string of the molecule is [N-]=[N+]=NC1C[C@H](OC(=O)c2ccccc2)C[C@@H](OC(=O)c2ccccc2)C1. The summed E-state index contributed by atoms with van der Waals surface area (Å²) in [4.78, 5) is 27.4. The molecule has 2 atom stereocenters. The third kappa shape index (κ3) is 5.09. The number of azide groups is 1. The van der Waals surface area contributed by atoms with Crippen LogP contribution in [0.15, 0.2) is 65.8 Å². The second-order valence-corrected chi connectivity index (χ2v) is 6.35. The maximum atomic E-state index is 12.3. The first kappa shape index (κ1) is 18.5. The van der Waals surface area contributed by atoms with Crippen molar-refractivity contribution >= 4 is 11.9 Å². The van der Waals surface area contributed by atoms with Crippen LogP contribution < -0.4 is 0 Å². The Balaban J connectivity index is 1.67. The van der Waals surface area contributed by atoms with Gasteiger partial charge < -0.3 is 9.47 Å². The minimum absolute atomic E-state index is 0.370. The van der Waals surface area contributed by atoms with Crippen molar-refractivity contribution in [1.82, 2.24) is 0 Å². The highest BCUT2D eigenvalue weighted by Crippen LogP contribution is 2.28. The third-order valence-corrected chi connectivity index (χ3v) is 4.38. The second kappa shape index (κ2) is 8.87. The van der Waals surface area contributed by atoms with Crippen LogP contribution in [-0.4, -0.2) is 30.2 Å². The van der Waals surface area contributed by atoms with E-state index in [2.05, 4.69) is 10.0 Å². The number of benzene rings is 2. The van der Waals surface area contributed by atoms with Crippen LogP contribution in [-0.2, 0) is 9.47 Å². The van der Waals surface area contributed by atoms with Crippen LogP contribution in [0.2, 0.25) is 0 Å². The fourth-order valence-corrected chi connectivity index (χ4v) is 3.14. The van der Waals surface area contributed by atoms with Gasteiger partial charge in [0, 0.05) is 17.4 Å². The Morgan fingerprint density at radius 1 is 0.815 bits per heavy atom. The van der Waals surface area contributed by atoms with Crippen molar-refractivity contribution in [2.24, 2.45) is 5.11 Å². The lowest BCUT2D eigenvalue weighted by atomic mass is 9.90. The molecule has 0 aliphatic heterocycles. The molecule has 1 saturated carbocycles. The number of hydrogen-bond acceptors (Lipinski definition) is 5. The van der Waals surface area contributed by atoms with E-state index < -0.39 is 30.2 Å². The van der Waals surface area contributed by atoms with Gasteiger partial charge in [-0.25, -0.2) is 9.59 Å². The van der Waals surface area contributed by atoms with Crippen molar-refractivity contribution in [2.45, 2.75) is 37.5 Å². The van der Waals surface area contributed by atoms with Gasteiger partial charge in [-0.05, 0) is 42.6 Å². The van der Waals surface area contributed by atoms with Crippen molar-refractivity contribution in [1.29, 1.82) is 0 Å². The molecule has 1 aliphatic rings. The molecule has 0 aromatic heterocycles. The van der Waals surface area contributed by atoms with E-state index in [1.54, 1.807) is 48.5 Å². The molecule has 0 unspecified atom stereocenters. The Hall–Kier alpha value is -3.31. The van der Waals surface area contributed by atoms with Gasteiger partial charge in [0.15, 0.2) is 0 Å². The Kier molecular flexibility index (Phi) is 6.07. The van der Waals surface area contributed by atoms with Crippen molar-refractivity contribution in [3.05, 3.63) is 82.2 Å². The number of rotatable bonds is 5. The van der Waals surface area contributed by atoms with Gasteiger partial charge in [0.1, 0.15) is 12.2 Å². The van der Waals surface area contributed by atoms with Crippen molar-refractivity contribution in [2.75, 3.05) is 0 Å². The Labute approximate surface area is 156 Å². The predicted molar refractivity (Wildman–Crippen MR) is 98.1 cm³/mol. The Morgan fingerprint density at radius 3 is 1.67 bits per heavy atom. The highest BCUT2D eigenvalue weighted by molar-refractivity contribution is 5.90. The lowest BCUT2D eigenvalue weighted by Crippen LogP contribution is -2.37. The normalized spacial score (nSPS) is 21.6. The molecule has 1 aliphatic carbocycles. The monoisotopic (exact) mass is 365 g/mol. The number of ether oxygens (including phenoxy) is 2. The molecule has 27 heavy (non-hydrogen) atoms. The average Bonchev–Trinajstić information content (AvgIpc) is 2.69. The van der Waals surface area contributed by atoms with E-state index in [9.17, 15) is 9.59 Å². The van der Waals surface area contributed by atoms with Crippen LogP contribution in [0.1, 0.15) is 40.0 Å². The summed E-state index contributed by atoms with van der Waals surface area (Å²) in [6.07, 6.45) is 0.199. The number of hydrogen-bond donors (Lipinski definition) is 0. The van der Waals surface area contributed by atoms with Crippen LogP contribution in [0.5, 0.6) is 0 Å². The number of esters is 2. The molecule has 3 rings (SSSR count). The van der Waals surface area contributed by atoms with Crippen LogP contribution >= 0.6 is 0 Å². The highest BCUT2D eigenvalue weighted by atomic mass is 16.6. The number of carbonyl (C=O) groups excluding carboxylic acids is 2. The third-order valence-electron chi connectivity index (χ3n) is 4.38. The minimum Gasteiger partial charge on any atom is -0.459 e. The molecule has 2 aromatic rings. The number of carbonyl (C=O) groups is 2. The second-order valence-electron chi connectivity index (χ2n) is 6.35. The molecule has 0 bridgehead atoms. The fourth-order valence-electron chi connectivity index (χ4n) is 3.14. The van der Waals surface area contributed by atoms with Crippen molar-refractivity contribution < 1.29 is 19.1 Å². The topological polar surface area (TPSA) is 101 Å². The lowest BCUT2D eigenvalue weighted by molar-refractivity contribution is -0.0215. The van der Waals surface area contributed by atoms with Gasteiger partial charge in [-0.2, -0.15) is 0 Å². The lowest BCUT2D eigenvalue weighted by Gasteiger charge is -2.32. The van der Waals surface area contributed by atoms with Crippen LogP contribution in [0.3, 0.4) is 0 Å². The average molecular weight is 365 g/mol. The van der Waals surface area contributed by atoms with E-state index in [0.29, 0.717) is 30.4 Å². The van der Waals surface area contributed by atoms with Gasteiger partial charge >= 0.3 is 11.9 Å². The van der Waals surface area contributed by atoms with Gasteiger partial charge in [-0.15, -0.1) is 0 Å². The zero-order chi connectivity index (χ0) is 19.1. The summed E-state index contributed by atoms with van der Waals surface area (Å²) in [7, 11) is 0. The standard InChI is InChI=1S/C20H19N3O4/c21-23-22-16-11-17(26-19(24)14-7-3-1-4-8-14)13-18(12-16)27-20(25)15-9-5-2-6-10-15/h1-10,16-18H,11-13H2/t17-,18-/m0/s1. The van der Waals surface area contributed by atoms with Crippen LogP contribution in [0.25, 0.3) is 10.4 Å². The zero-order valence-electron chi connectivity index (χ0n) is 14.6. The molecule has 0 spiro atoms. The Bertz CT molecular complexity index is 773. The molecule has 0 saturated heterocycles. The molecule has 7 heteroatoms. The predicted octanol–water partition coefficient (Wildman–Crippen LogP) is 4.30. The summed E-state index contributed by atoms with van der Waals surface area (Å²) in [5.74, 6) is -0.898. The van der Waals surface area contributed by atoms with Gasteiger partial charge in [-0.1, -0.05) is 41.5 Å². The van der Waals surface area contributed by atoms with E-state index >= 15 is 0 Å². The molecule has 0 heterocycles. The quantitative estimate of drug-likeness (QED) is 0.341. The van der Waals surface area contributed by atoms with Crippen molar-refractivity contribution in [3.8, 4) is 0 Å². The van der Waals surface area contributed by atoms with E-state index in [-0.39, 0.29) is 0 Å². The van der Waals surface area contributed by atoms with E-state index in [4.69, 9.17) is 15.0 Å². The van der Waals surface area contributed by atoms with Crippen LogP contribution in [0.4, 0.5) is 0 Å². The first-order chi connectivity index (χ1) is 13.2. The first-order valence-electron chi connectivity index (χ1n) is 8.72. The van der Waals surface area contributed by atoms with Crippen LogP contribution in [0, 0.1) is 0 Å². The molecular formula is C20H19N3O4. The summed E-state index contributed by atoms with van der Waals surface area (Å²) >= 11 is 0.